The summed E-state index contributed by atoms with van der Waals surface area (Å²) in [6, 6.07) is 4.30. The highest BCUT2D eigenvalue weighted by atomic mass is 35.5. The van der Waals surface area contributed by atoms with Gasteiger partial charge in [0.05, 0.1) is 0 Å². The molecule has 0 atom stereocenters. The van der Waals surface area contributed by atoms with Crippen molar-refractivity contribution in [3.8, 4) is 0 Å². The van der Waals surface area contributed by atoms with Gasteiger partial charge < -0.3 is 9.72 Å². The van der Waals surface area contributed by atoms with E-state index in [4.69, 9.17) is 0 Å². The lowest BCUT2D eigenvalue weighted by atomic mass is 9.95. The molecule has 0 saturated carbocycles. The fourth-order valence-electron chi connectivity index (χ4n) is 2.67. The molecule has 1 fully saturated rings. The van der Waals surface area contributed by atoms with E-state index in [2.05, 4.69) is 46.2 Å². The van der Waals surface area contributed by atoms with E-state index in [0.29, 0.717) is 5.92 Å². The summed E-state index contributed by atoms with van der Waals surface area (Å²) < 4.78 is 2.29. The minimum absolute atomic E-state index is 0. The summed E-state index contributed by atoms with van der Waals surface area (Å²) in [6.07, 6.45) is 7.85. The minimum atomic E-state index is 0. The van der Waals surface area contributed by atoms with Crippen molar-refractivity contribution in [1.82, 2.24) is 14.7 Å². The third kappa shape index (κ3) is 3.22. The number of nitrogens with one attached hydrogen (secondary N) is 1. The first-order chi connectivity index (χ1) is 8.38. The zero-order valence-corrected chi connectivity index (χ0v) is 12.8. The highest BCUT2D eigenvalue weighted by Crippen LogP contribution is 2.26. The molecule has 0 aliphatic carbocycles. The number of imidazole rings is 1. The number of rotatable bonds is 2. The van der Waals surface area contributed by atoms with Gasteiger partial charge >= 0.3 is 0 Å². The molecule has 0 spiro atoms. The fourth-order valence-corrected chi connectivity index (χ4v) is 2.67. The maximum atomic E-state index is 4.51. The van der Waals surface area contributed by atoms with Crippen molar-refractivity contribution in [2.75, 3.05) is 13.1 Å². The first-order valence-electron chi connectivity index (χ1n) is 6.55. The number of hydrogen-bond donors (Lipinski definition) is 1. The van der Waals surface area contributed by atoms with Crippen molar-refractivity contribution in [2.24, 2.45) is 0 Å². The molecule has 1 saturated heterocycles. The van der Waals surface area contributed by atoms with Gasteiger partial charge in [0.1, 0.15) is 5.65 Å². The monoisotopic (exact) mass is 301 g/mol. The van der Waals surface area contributed by atoms with Gasteiger partial charge in [-0.2, -0.15) is 0 Å². The highest BCUT2D eigenvalue weighted by Gasteiger charge is 2.18. The van der Waals surface area contributed by atoms with Crippen LogP contribution >= 0.6 is 24.8 Å². The molecule has 1 aliphatic rings. The fraction of sp³-hybridized carbons (Fsp3) is 0.500. The molecule has 19 heavy (non-hydrogen) atoms. The Bertz CT molecular complexity index is 518. The highest BCUT2D eigenvalue weighted by molar-refractivity contribution is 5.85. The van der Waals surface area contributed by atoms with E-state index in [1.54, 1.807) is 0 Å². The average Bonchev–Trinajstić information content (AvgIpc) is 2.82. The van der Waals surface area contributed by atoms with E-state index >= 15 is 0 Å². The quantitative estimate of drug-likeness (QED) is 0.923. The van der Waals surface area contributed by atoms with Crippen molar-refractivity contribution in [1.29, 1.82) is 0 Å². The molecule has 0 amide bonds. The van der Waals surface area contributed by atoms with Crippen molar-refractivity contribution in [3.63, 3.8) is 0 Å². The molecule has 106 valence electrons. The third-order valence-corrected chi connectivity index (χ3v) is 3.76. The van der Waals surface area contributed by atoms with Crippen LogP contribution in [0, 0.1) is 0 Å². The summed E-state index contributed by atoms with van der Waals surface area (Å²) in [7, 11) is 0. The molecule has 3 nitrogen and oxygen atoms in total. The van der Waals surface area contributed by atoms with Crippen molar-refractivity contribution in [3.05, 3.63) is 35.8 Å². The van der Waals surface area contributed by atoms with E-state index < -0.39 is 0 Å². The number of halogens is 2. The van der Waals surface area contributed by atoms with Crippen LogP contribution in [0.5, 0.6) is 0 Å². The van der Waals surface area contributed by atoms with Gasteiger partial charge in [-0.1, -0.05) is 13.0 Å². The van der Waals surface area contributed by atoms with Crippen LogP contribution in [-0.2, 0) is 6.42 Å². The Morgan fingerprint density at radius 3 is 2.68 bits per heavy atom. The molecule has 1 aliphatic heterocycles. The smallest absolute Gasteiger partial charge is 0.136 e. The summed E-state index contributed by atoms with van der Waals surface area (Å²) >= 11 is 0. The van der Waals surface area contributed by atoms with E-state index in [0.717, 1.165) is 25.2 Å². The van der Waals surface area contributed by atoms with E-state index in [9.17, 15) is 0 Å². The van der Waals surface area contributed by atoms with E-state index in [1.807, 2.05) is 0 Å². The molecule has 0 bridgehead atoms. The predicted octanol–water partition coefficient (Wildman–Crippen LogP) is 3.21. The number of pyridine rings is 1. The van der Waals surface area contributed by atoms with Crippen LogP contribution in [-0.4, -0.2) is 22.5 Å². The third-order valence-electron chi connectivity index (χ3n) is 3.76. The Balaban J connectivity index is 0.000000902. The van der Waals surface area contributed by atoms with Crippen LogP contribution in [0.2, 0.25) is 0 Å². The van der Waals surface area contributed by atoms with Gasteiger partial charge in [-0.05, 0) is 44.0 Å². The zero-order chi connectivity index (χ0) is 11.7. The largest absolute Gasteiger partial charge is 0.317 e. The van der Waals surface area contributed by atoms with Gasteiger partial charge in [-0.3, -0.25) is 0 Å². The predicted molar refractivity (Wildman–Crippen MR) is 83.9 cm³/mol. The standard InChI is InChI=1S/C14H19N3.2ClH/c1-2-11-3-4-14-16-9-13(17(14)10-11)12-5-7-15-8-6-12;;/h3-4,9-10,12,15H,2,5-8H2,1H3;2*1H. The molecule has 0 unspecified atom stereocenters. The molecule has 3 rings (SSSR count). The molecule has 2 aromatic heterocycles. The Labute approximate surface area is 126 Å². The number of nitrogens with zero attached hydrogens (tertiary/aromatic N) is 2. The molecule has 5 heteroatoms. The summed E-state index contributed by atoms with van der Waals surface area (Å²) in [5, 5.41) is 3.42. The Kier molecular flexibility index (Phi) is 6.11. The van der Waals surface area contributed by atoms with Gasteiger partial charge in [0.25, 0.3) is 0 Å². The van der Waals surface area contributed by atoms with E-state index in [-0.39, 0.29) is 24.8 Å². The van der Waals surface area contributed by atoms with Crippen LogP contribution in [0.15, 0.2) is 24.5 Å². The summed E-state index contributed by atoms with van der Waals surface area (Å²) in [6.45, 7) is 4.46. The first kappa shape index (κ1) is 16.3. The number of hydrogen-bond acceptors (Lipinski definition) is 2. The van der Waals surface area contributed by atoms with Gasteiger partial charge in [0, 0.05) is 24.0 Å². The van der Waals surface area contributed by atoms with Crippen molar-refractivity contribution < 1.29 is 0 Å². The van der Waals surface area contributed by atoms with Crippen molar-refractivity contribution in [2.45, 2.75) is 32.1 Å². The zero-order valence-electron chi connectivity index (χ0n) is 11.1. The Morgan fingerprint density at radius 2 is 2.00 bits per heavy atom. The van der Waals surface area contributed by atoms with Crippen LogP contribution < -0.4 is 5.32 Å². The van der Waals surface area contributed by atoms with Crippen LogP contribution in [0.4, 0.5) is 0 Å². The molecule has 3 heterocycles. The SMILES string of the molecule is CCc1ccc2ncc(C3CCNCC3)n2c1.Cl.Cl. The second-order valence-electron chi connectivity index (χ2n) is 4.83. The molecule has 0 radical (unpaired) electrons. The lowest BCUT2D eigenvalue weighted by Crippen LogP contribution is -2.27. The molecule has 2 aromatic rings. The number of aryl methyl sites for hydroxylation is 1. The van der Waals surface area contributed by atoms with Gasteiger partial charge in [0.2, 0.25) is 0 Å². The summed E-state index contributed by atoms with van der Waals surface area (Å²) in [5.41, 5.74) is 3.85. The van der Waals surface area contributed by atoms with Crippen LogP contribution in [0.25, 0.3) is 5.65 Å². The Morgan fingerprint density at radius 1 is 1.26 bits per heavy atom. The molecular weight excluding hydrogens is 281 g/mol. The summed E-state index contributed by atoms with van der Waals surface area (Å²) in [4.78, 5) is 4.51. The maximum absolute atomic E-state index is 4.51. The van der Waals surface area contributed by atoms with Crippen LogP contribution in [0.1, 0.15) is 36.9 Å². The van der Waals surface area contributed by atoms with Gasteiger partial charge in [-0.25, -0.2) is 4.98 Å². The minimum Gasteiger partial charge on any atom is -0.317 e. The number of fused-ring (bicyclic) bond motifs is 1. The van der Waals surface area contributed by atoms with Crippen molar-refractivity contribution >= 4 is 30.5 Å². The second-order valence-corrected chi connectivity index (χ2v) is 4.83. The van der Waals surface area contributed by atoms with Gasteiger partial charge in [-0.15, -0.1) is 24.8 Å². The topological polar surface area (TPSA) is 29.3 Å². The normalized spacial score (nSPS) is 15.8. The number of piperidine rings is 1. The lowest BCUT2D eigenvalue weighted by Gasteiger charge is -2.22. The van der Waals surface area contributed by atoms with Gasteiger partial charge in [0.15, 0.2) is 0 Å². The number of aromatic nitrogens is 2. The maximum Gasteiger partial charge on any atom is 0.136 e. The first-order valence-corrected chi connectivity index (χ1v) is 6.55. The van der Waals surface area contributed by atoms with E-state index in [1.165, 1.54) is 24.1 Å². The molecule has 0 aromatic carbocycles. The lowest BCUT2D eigenvalue weighted by molar-refractivity contribution is 0.451. The second kappa shape index (κ2) is 7.13. The average molecular weight is 302 g/mol. The Hall–Kier alpha value is -0.770. The van der Waals surface area contributed by atoms with Crippen LogP contribution in [0.3, 0.4) is 0 Å². The summed E-state index contributed by atoms with van der Waals surface area (Å²) in [5.74, 6) is 0.665. The molecular formula is C14H21Cl2N3. The molecule has 1 N–H and O–H groups in total.